The molecule has 1 unspecified atom stereocenters. The Balaban J connectivity index is 2.33. The maximum absolute atomic E-state index is 12.5. The first kappa shape index (κ1) is 11.3. The fourth-order valence-corrected chi connectivity index (χ4v) is 3.16. The van der Waals surface area contributed by atoms with E-state index in [1.807, 2.05) is 6.07 Å². The maximum Gasteiger partial charge on any atom is 0.392 e. The van der Waals surface area contributed by atoms with Gasteiger partial charge >= 0.3 is 6.18 Å². The van der Waals surface area contributed by atoms with E-state index in [0.29, 0.717) is 21.9 Å². The van der Waals surface area contributed by atoms with Crippen LogP contribution in [0, 0.1) is 17.2 Å². The molecule has 2 N–H and O–H groups in total. The highest BCUT2D eigenvalue weighted by molar-refractivity contribution is 7.16. The number of rotatable bonds is 0. The van der Waals surface area contributed by atoms with Crippen LogP contribution in [0.2, 0.25) is 0 Å². The maximum atomic E-state index is 12.5. The molecular formula is C10H9F3N2S. The van der Waals surface area contributed by atoms with E-state index in [1.54, 1.807) is 0 Å². The van der Waals surface area contributed by atoms with E-state index in [9.17, 15) is 13.2 Å². The molecule has 0 saturated heterocycles. The molecule has 2 rings (SSSR count). The summed E-state index contributed by atoms with van der Waals surface area (Å²) in [5.74, 6) is -1.29. The van der Waals surface area contributed by atoms with Gasteiger partial charge in [0, 0.05) is 4.88 Å². The van der Waals surface area contributed by atoms with Crippen LogP contribution in [-0.4, -0.2) is 6.18 Å². The van der Waals surface area contributed by atoms with Crippen LogP contribution in [0.1, 0.15) is 22.4 Å². The number of halogens is 3. The lowest BCUT2D eigenvalue weighted by Gasteiger charge is -2.24. The summed E-state index contributed by atoms with van der Waals surface area (Å²) in [4.78, 5) is 0.627. The van der Waals surface area contributed by atoms with Gasteiger partial charge in [-0.1, -0.05) is 0 Å². The van der Waals surface area contributed by atoms with E-state index >= 15 is 0 Å². The molecule has 1 aromatic rings. The summed E-state index contributed by atoms with van der Waals surface area (Å²) < 4.78 is 37.6. The Labute approximate surface area is 94.5 Å². The van der Waals surface area contributed by atoms with Gasteiger partial charge in [-0.2, -0.15) is 18.4 Å². The Hall–Kier alpha value is -1.22. The molecule has 1 aromatic heterocycles. The van der Waals surface area contributed by atoms with Crippen LogP contribution in [0.25, 0.3) is 0 Å². The minimum Gasteiger partial charge on any atom is -0.389 e. The van der Waals surface area contributed by atoms with Crippen LogP contribution in [-0.2, 0) is 12.8 Å². The average Bonchev–Trinajstić information content (AvgIpc) is 2.50. The number of nitriles is 1. The second-order valence-corrected chi connectivity index (χ2v) is 4.97. The Morgan fingerprint density at radius 3 is 2.69 bits per heavy atom. The molecule has 0 bridgehead atoms. The topological polar surface area (TPSA) is 49.8 Å². The van der Waals surface area contributed by atoms with Gasteiger partial charge in [-0.05, 0) is 24.8 Å². The molecule has 0 spiro atoms. The summed E-state index contributed by atoms with van der Waals surface area (Å²) in [5.41, 5.74) is 6.70. The molecule has 1 aliphatic carbocycles. The predicted octanol–water partition coefficient (Wildman–Crippen LogP) is 2.87. The van der Waals surface area contributed by atoms with Crippen molar-refractivity contribution >= 4 is 16.3 Å². The second-order valence-electron chi connectivity index (χ2n) is 3.84. The Bertz CT molecular complexity index is 456. The van der Waals surface area contributed by atoms with Crippen molar-refractivity contribution in [3.8, 4) is 6.07 Å². The number of hydrogen-bond donors (Lipinski definition) is 1. The van der Waals surface area contributed by atoms with Crippen molar-refractivity contribution in [1.82, 2.24) is 0 Å². The standard InChI is InChI=1S/C10H9F3N2S/c11-10(12,13)5-1-2-6-7(4-14)9(15)16-8(6)3-5/h5H,1-3,15H2. The highest BCUT2D eigenvalue weighted by atomic mass is 32.1. The summed E-state index contributed by atoms with van der Waals surface area (Å²) in [6.07, 6.45) is -3.82. The molecule has 0 radical (unpaired) electrons. The van der Waals surface area contributed by atoms with Gasteiger partial charge in [-0.25, -0.2) is 0 Å². The van der Waals surface area contributed by atoms with Gasteiger partial charge in [0.15, 0.2) is 0 Å². The highest BCUT2D eigenvalue weighted by Crippen LogP contribution is 2.42. The van der Waals surface area contributed by atoms with Crippen molar-refractivity contribution in [2.75, 3.05) is 5.73 Å². The van der Waals surface area contributed by atoms with Crippen molar-refractivity contribution < 1.29 is 13.2 Å². The van der Waals surface area contributed by atoms with Crippen LogP contribution >= 0.6 is 11.3 Å². The van der Waals surface area contributed by atoms with Gasteiger partial charge < -0.3 is 5.73 Å². The Morgan fingerprint density at radius 1 is 1.44 bits per heavy atom. The molecule has 0 aromatic carbocycles. The smallest absolute Gasteiger partial charge is 0.389 e. The van der Waals surface area contributed by atoms with E-state index in [1.165, 1.54) is 0 Å². The van der Waals surface area contributed by atoms with E-state index in [-0.39, 0.29) is 12.8 Å². The van der Waals surface area contributed by atoms with Crippen LogP contribution in [0.5, 0.6) is 0 Å². The third-order valence-corrected chi connectivity index (χ3v) is 3.95. The molecule has 16 heavy (non-hydrogen) atoms. The molecule has 0 fully saturated rings. The SMILES string of the molecule is N#Cc1c(N)sc2c1CCC(C(F)(F)F)C2. The number of fused-ring (bicyclic) bond motifs is 1. The molecule has 86 valence electrons. The van der Waals surface area contributed by atoms with Gasteiger partial charge in [-0.3, -0.25) is 0 Å². The molecule has 0 aliphatic heterocycles. The summed E-state index contributed by atoms with van der Waals surface area (Å²) in [6, 6.07) is 1.96. The zero-order valence-electron chi connectivity index (χ0n) is 8.27. The van der Waals surface area contributed by atoms with Gasteiger partial charge in [0.05, 0.1) is 11.5 Å². The number of nitrogens with two attached hydrogens (primary N) is 1. The quantitative estimate of drug-likeness (QED) is 0.765. The van der Waals surface area contributed by atoms with E-state index < -0.39 is 12.1 Å². The van der Waals surface area contributed by atoms with Crippen molar-refractivity contribution in [2.45, 2.75) is 25.4 Å². The van der Waals surface area contributed by atoms with E-state index in [4.69, 9.17) is 11.0 Å². The molecule has 0 amide bonds. The largest absolute Gasteiger partial charge is 0.392 e. The minimum atomic E-state index is -4.15. The van der Waals surface area contributed by atoms with Gasteiger partial charge in [0.2, 0.25) is 0 Å². The lowest BCUT2D eigenvalue weighted by atomic mass is 9.87. The summed E-state index contributed by atoms with van der Waals surface area (Å²) >= 11 is 1.12. The van der Waals surface area contributed by atoms with Crippen molar-refractivity contribution in [3.63, 3.8) is 0 Å². The molecule has 0 saturated carbocycles. The van der Waals surface area contributed by atoms with Crippen molar-refractivity contribution in [3.05, 3.63) is 16.0 Å². The lowest BCUT2D eigenvalue weighted by molar-refractivity contribution is -0.176. The summed E-state index contributed by atoms with van der Waals surface area (Å²) in [5, 5.41) is 9.19. The first-order chi connectivity index (χ1) is 7.43. The number of anilines is 1. The third kappa shape index (κ3) is 1.76. The predicted molar refractivity (Wildman–Crippen MR) is 55.0 cm³/mol. The Morgan fingerprint density at radius 2 is 2.12 bits per heavy atom. The zero-order chi connectivity index (χ0) is 11.9. The van der Waals surface area contributed by atoms with E-state index in [2.05, 4.69) is 0 Å². The molecule has 2 nitrogen and oxygen atoms in total. The number of nitrogens with zero attached hydrogens (tertiary/aromatic N) is 1. The first-order valence-electron chi connectivity index (χ1n) is 4.80. The number of nitrogen functional groups attached to an aromatic ring is 1. The molecule has 1 aliphatic rings. The van der Waals surface area contributed by atoms with Gasteiger partial charge in [-0.15, -0.1) is 11.3 Å². The normalized spacial score (nSPS) is 20.2. The minimum absolute atomic E-state index is 0.0324. The number of alkyl halides is 3. The first-order valence-corrected chi connectivity index (χ1v) is 5.62. The van der Waals surface area contributed by atoms with Gasteiger partial charge in [0.25, 0.3) is 0 Å². The van der Waals surface area contributed by atoms with Crippen molar-refractivity contribution in [1.29, 1.82) is 5.26 Å². The third-order valence-electron chi connectivity index (χ3n) is 2.87. The average molecular weight is 246 g/mol. The van der Waals surface area contributed by atoms with E-state index in [0.717, 1.165) is 16.9 Å². The van der Waals surface area contributed by atoms with Crippen LogP contribution in [0.4, 0.5) is 18.2 Å². The summed E-state index contributed by atoms with van der Waals surface area (Å²) in [7, 11) is 0. The zero-order valence-corrected chi connectivity index (χ0v) is 9.08. The number of hydrogen-bond acceptors (Lipinski definition) is 3. The van der Waals surface area contributed by atoms with Crippen molar-refractivity contribution in [2.24, 2.45) is 5.92 Å². The second kappa shape index (κ2) is 3.67. The Kier molecular flexibility index (Phi) is 2.58. The molecule has 1 heterocycles. The highest BCUT2D eigenvalue weighted by Gasteiger charge is 2.42. The van der Waals surface area contributed by atoms with Gasteiger partial charge in [0.1, 0.15) is 11.1 Å². The lowest BCUT2D eigenvalue weighted by Crippen LogP contribution is -2.28. The number of thiophene rings is 1. The summed E-state index contributed by atoms with van der Waals surface area (Å²) in [6.45, 7) is 0. The van der Waals surface area contributed by atoms with Crippen LogP contribution in [0.15, 0.2) is 0 Å². The monoisotopic (exact) mass is 246 g/mol. The molecule has 6 heteroatoms. The fourth-order valence-electron chi connectivity index (χ4n) is 2.01. The van der Waals surface area contributed by atoms with Crippen LogP contribution < -0.4 is 5.73 Å². The fraction of sp³-hybridized carbons (Fsp3) is 0.500. The van der Waals surface area contributed by atoms with Crippen LogP contribution in [0.3, 0.4) is 0 Å². The molecule has 1 atom stereocenters. The molecular weight excluding hydrogens is 237 g/mol.